The normalized spacial score (nSPS) is 15.7. The van der Waals surface area contributed by atoms with E-state index >= 15 is 0 Å². The third kappa shape index (κ3) is 6.13. The zero-order valence-corrected chi connectivity index (χ0v) is 21.5. The predicted molar refractivity (Wildman–Crippen MR) is 152 cm³/mol. The zero-order valence-electron chi connectivity index (χ0n) is 21.5. The molecule has 36 heavy (non-hydrogen) atoms. The summed E-state index contributed by atoms with van der Waals surface area (Å²) in [7, 11) is 0. The first kappa shape index (κ1) is 25.5. The van der Waals surface area contributed by atoms with Gasteiger partial charge in [-0.05, 0) is 44.0 Å². The Morgan fingerprint density at radius 1 is 1.03 bits per heavy atom. The van der Waals surface area contributed by atoms with Gasteiger partial charge in [-0.1, -0.05) is 75.2 Å². The molecule has 0 fully saturated rings. The molecule has 1 atom stereocenters. The molecule has 2 aromatic carbocycles. The molecule has 0 bridgehead atoms. The van der Waals surface area contributed by atoms with Gasteiger partial charge in [0.15, 0.2) is 0 Å². The van der Waals surface area contributed by atoms with E-state index in [9.17, 15) is 0 Å². The number of pyridine rings is 1. The molecule has 0 spiro atoms. The zero-order chi connectivity index (χ0) is 25.3. The van der Waals surface area contributed by atoms with E-state index in [1.165, 1.54) is 12.8 Å². The fourth-order valence-electron chi connectivity index (χ4n) is 4.55. The van der Waals surface area contributed by atoms with Gasteiger partial charge in [0, 0.05) is 35.5 Å². The maximum absolute atomic E-state index is 6.77. The number of rotatable bonds is 11. The monoisotopic (exact) mass is 482 g/mol. The molecule has 1 aromatic heterocycles. The Morgan fingerprint density at radius 3 is 2.61 bits per heavy atom. The Balaban J connectivity index is 1.59. The Morgan fingerprint density at radius 2 is 1.83 bits per heavy atom. The molecule has 0 radical (unpaired) electrons. The molecule has 188 valence electrons. The molecular weight excluding hydrogens is 444 g/mol. The molecule has 0 aliphatic carbocycles. The maximum Gasteiger partial charge on any atom is 0.149 e. The second-order valence-electron chi connectivity index (χ2n) is 9.36. The summed E-state index contributed by atoms with van der Waals surface area (Å²) in [4.78, 5) is 11.4. The first-order chi connectivity index (χ1) is 17.6. The van der Waals surface area contributed by atoms with Crippen LogP contribution in [-0.4, -0.2) is 35.4 Å². The quantitative estimate of drug-likeness (QED) is 0.315. The number of hydrogen-bond donors (Lipinski definition) is 3. The topological polar surface area (TPSA) is 92.6 Å². The van der Waals surface area contributed by atoms with Crippen LogP contribution in [0.3, 0.4) is 0 Å². The summed E-state index contributed by atoms with van der Waals surface area (Å²) in [5, 5.41) is 4.63. The third-order valence-electron chi connectivity index (χ3n) is 6.79. The van der Waals surface area contributed by atoms with Crippen molar-refractivity contribution in [2.75, 3.05) is 19.6 Å². The summed E-state index contributed by atoms with van der Waals surface area (Å²) in [6, 6.07) is 20.5. The second-order valence-corrected chi connectivity index (χ2v) is 9.36. The molecule has 1 aliphatic heterocycles. The van der Waals surface area contributed by atoms with Gasteiger partial charge in [0.1, 0.15) is 11.5 Å². The number of unbranched alkanes of at least 4 members (excludes halogenated alkanes) is 1. The van der Waals surface area contributed by atoms with Gasteiger partial charge in [-0.25, -0.2) is 9.98 Å². The Hall–Kier alpha value is -3.64. The number of nitrogens with two attached hydrogens (primary N) is 2. The lowest BCUT2D eigenvalue weighted by molar-refractivity contribution is 0.340. The van der Waals surface area contributed by atoms with Crippen molar-refractivity contribution >= 4 is 22.4 Å². The highest BCUT2D eigenvalue weighted by molar-refractivity contribution is 6.04. The van der Waals surface area contributed by atoms with Gasteiger partial charge in [0.25, 0.3) is 0 Å². The highest BCUT2D eigenvalue weighted by Gasteiger charge is 2.22. The van der Waals surface area contributed by atoms with Crippen LogP contribution in [0.1, 0.15) is 45.1 Å². The van der Waals surface area contributed by atoms with Crippen molar-refractivity contribution in [2.45, 2.75) is 39.5 Å². The maximum atomic E-state index is 6.77. The number of fused-ring (bicyclic) bond motifs is 1. The molecule has 0 saturated carbocycles. The third-order valence-corrected chi connectivity index (χ3v) is 6.79. The molecule has 4 rings (SSSR count). The fourth-order valence-corrected chi connectivity index (χ4v) is 4.55. The molecule has 0 saturated heterocycles. The standard InChI is InChI=1S/C30H38N6/c1-3-5-16-33-17-15-22(4-2)21-36-19-18-34-30(32)29(36)28(31)25-12-11-24-13-14-26(35-27(24)20-25)23-9-7-6-8-10-23/h6-14,18-20,22,33H,3-5,15-17,21,31H2,1-2H3,(H2,32,34)/b29-28-. The van der Waals surface area contributed by atoms with Crippen LogP contribution >= 0.6 is 0 Å². The summed E-state index contributed by atoms with van der Waals surface area (Å²) >= 11 is 0. The summed E-state index contributed by atoms with van der Waals surface area (Å²) in [6.07, 6.45) is 8.37. The van der Waals surface area contributed by atoms with Crippen molar-refractivity contribution in [1.29, 1.82) is 0 Å². The van der Waals surface area contributed by atoms with Crippen LogP contribution in [0.15, 0.2) is 83.8 Å². The molecule has 6 nitrogen and oxygen atoms in total. The van der Waals surface area contributed by atoms with Crippen LogP contribution in [0, 0.1) is 5.92 Å². The van der Waals surface area contributed by atoms with Crippen molar-refractivity contribution in [3.8, 4) is 11.3 Å². The van der Waals surface area contributed by atoms with E-state index < -0.39 is 0 Å². The molecule has 0 amide bonds. The first-order valence-corrected chi connectivity index (χ1v) is 13.0. The second kappa shape index (κ2) is 12.4. The Bertz CT molecular complexity index is 1240. The molecule has 2 heterocycles. The van der Waals surface area contributed by atoms with Crippen LogP contribution < -0.4 is 16.8 Å². The lowest BCUT2D eigenvalue weighted by Gasteiger charge is -2.30. The summed E-state index contributed by atoms with van der Waals surface area (Å²) in [5.74, 6) is 0.959. The van der Waals surface area contributed by atoms with Crippen LogP contribution in [0.5, 0.6) is 0 Å². The minimum absolute atomic E-state index is 0.442. The van der Waals surface area contributed by atoms with Crippen molar-refractivity contribution in [3.05, 3.63) is 84.3 Å². The van der Waals surface area contributed by atoms with E-state index in [4.69, 9.17) is 16.5 Å². The van der Waals surface area contributed by atoms with Crippen LogP contribution in [0.25, 0.3) is 27.9 Å². The van der Waals surface area contributed by atoms with Gasteiger partial charge in [-0.15, -0.1) is 0 Å². The van der Waals surface area contributed by atoms with Gasteiger partial charge < -0.3 is 21.7 Å². The first-order valence-electron chi connectivity index (χ1n) is 13.0. The van der Waals surface area contributed by atoms with E-state index in [1.54, 1.807) is 6.20 Å². The number of aromatic nitrogens is 1. The van der Waals surface area contributed by atoms with Crippen molar-refractivity contribution in [1.82, 2.24) is 15.2 Å². The van der Waals surface area contributed by atoms with E-state index in [2.05, 4.69) is 59.4 Å². The molecule has 1 unspecified atom stereocenters. The Kier molecular flexibility index (Phi) is 8.74. The molecule has 6 heteroatoms. The lowest BCUT2D eigenvalue weighted by Crippen LogP contribution is -2.36. The highest BCUT2D eigenvalue weighted by atomic mass is 15.2. The van der Waals surface area contributed by atoms with Crippen LogP contribution in [-0.2, 0) is 0 Å². The minimum atomic E-state index is 0.442. The number of hydrogen-bond acceptors (Lipinski definition) is 6. The lowest BCUT2D eigenvalue weighted by atomic mass is 10.00. The number of nitrogens with one attached hydrogen (secondary N) is 1. The number of benzene rings is 2. The van der Waals surface area contributed by atoms with Crippen LogP contribution in [0.2, 0.25) is 0 Å². The van der Waals surface area contributed by atoms with Gasteiger partial charge in [-0.3, -0.25) is 0 Å². The average Bonchev–Trinajstić information content (AvgIpc) is 2.92. The van der Waals surface area contributed by atoms with E-state index in [0.717, 1.165) is 65.9 Å². The SMILES string of the molecule is CCCCNCCC(CC)CN1C=CN=C(N)/C1=C(/N)c1ccc2ccc(-c3ccccc3)nc2c1. The highest BCUT2D eigenvalue weighted by Crippen LogP contribution is 2.27. The fraction of sp³-hybridized carbons (Fsp3) is 0.333. The van der Waals surface area contributed by atoms with Crippen LogP contribution in [0.4, 0.5) is 0 Å². The van der Waals surface area contributed by atoms with Gasteiger partial charge in [-0.2, -0.15) is 0 Å². The smallest absolute Gasteiger partial charge is 0.149 e. The average molecular weight is 483 g/mol. The van der Waals surface area contributed by atoms with E-state index in [1.807, 2.05) is 36.5 Å². The van der Waals surface area contributed by atoms with Crippen molar-refractivity contribution in [2.24, 2.45) is 22.4 Å². The van der Waals surface area contributed by atoms with Gasteiger partial charge in [0.2, 0.25) is 0 Å². The largest absolute Gasteiger partial charge is 0.396 e. The van der Waals surface area contributed by atoms with Crippen molar-refractivity contribution < 1.29 is 0 Å². The predicted octanol–water partition coefficient (Wildman–Crippen LogP) is 5.48. The Labute approximate surface area is 214 Å². The minimum Gasteiger partial charge on any atom is -0.396 e. The molecule has 5 N–H and O–H groups in total. The number of nitrogens with zero attached hydrogens (tertiary/aromatic N) is 3. The summed E-state index contributed by atoms with van der Waals surface area (Å²) in [6.45, 7) is 7.41. The summed E-state index contributed by atoms with van der Waals surface area (Å²) in [5.41, 5.74) is 18.4. The van der Waals surface area contributed by atoms with E-state index in [-0.39, 0.29) is 0 Å². The summed E-state index contributed by atoms with van der Waals surface area (Å²) < 4.78 is 0. The molecule has 1 aliphatic rings. The number of amidine groups is 1. The molecular formula is C30H38N6. The molecule has 3 aromatic rings. The van der Waals surface area contributed by atoms with Gasteiger partial charge in [0.05, 0.1) is 16.9 Å². The van der Waals surface area contributed by atoms with Crippen molar-refractivity contribution in [3.63, 3.8) is 0 Å². The number of aliphatic imine (C=N–C) groups is 1. The van der Waals surface area contributed by atoms with E-state index in [0.29, 0.717) is 17.5 Å². The van der Waals surface area contributed by atoms with Gasteiger partial charge >= 0.3 is 0 Å².